The van der Waals surface area contributed by atoms with Crippen LogP contribution in [0.3, 0.4) is 0 Å². The number of halogens is 2. The molecule has 0 aliphatic carbocycles. The van der Waals surface area contributed by atoms with Gasteiger partial charge in [0, 0.05) is 10.7 Å². The third-order valence-corrected chi connectivity index (χ3v) is 3.30. The van der Waals surface area contributed by atoms with E-state index in [1.54, 1.807) is 12.3 Å². The van der Waals surface area contributed by atoms with Gasteiger partial charge in [0.15, 0.2) is 0 Å². The fourth-order valence-corrected chi connectivity index (χ4v) is 2.39. The summed E-state index contributed by atoms with van der Waals surface area (Å²) in [5.41, 5.74) is 8.02. The first kappa shape index (κ1) is 12.6. The first-order valence-corrected chi connectivity index (χ1v) is 6.44. The molecular weight excluding hydrogens is 300 g/mol. The molecule has 0 fully saturated rings. The fourth-order valence-electron chi connectivity index (χ4n) is 1.69. The Kier molecular flexibility index (Phi) is 4.15. The molecular formula is C13H12BrClN2. The van der Waals surface area contributed by atoms with Gasteiger partial charge in [0.1, 0.15) is 0 Å². The van der Waals surface area contributed by atoms with Gasteiger partial charge in [-0.15, -0.1) is 0 Å². The van der Waals surface area contributed by atoms with Gasteiger partial charge in [0.05, 0.1) is 16.8 Å². The smallest absolute Gasteiger partial charge is 0.0760 e. The zero-order valence-corrected chi connectivity index (χ0v) is 11.4. The highest BCUT2D eigenvalue weighted by molar-refractivity contribution is 9.10. The summed E-state index contributed by atoms with van der Waals surface area (Å²) in [6, 6.07) is 11.5. The molecule has 0 radical (unpaired) electrons. The van der Waals surface area contributed by atoms with E-state index in [1.807, 2.05) is 24.3 Å². The Labute approximate surface area is 114 Å². The average Bonchev–Trinajstić information content (AvgIpc) is 2.29. The largest absolute Gasteiger partial charge is 0.322 e. The summed E-state index contributed by atoms with van der Waals surface area (Å²) in [4.78, 5) is 4.23. The quantitative estimate of drug-likeness (QED) is 0.938. The van der Waals surface area contributed by atoms with E-state index < -0.39 is 0 Å². The summed E-state index contributed by atoms with van der Waals surface area (Å²) in [7, 11) is 0. The lowest BCUT2D eigenvalue weighted by molar-refractivity contribution is 0.696. The van der Waals surface area contributed by atoms with Crippen molar-refractivity contribution in [1.29, 1.82) is 0 Å². The van der Waals surface area contributed by atoms with Crippen molar-refractivity contribution in [1.82, 2.24) is 4.98 Å². The van der Waals surface area contributed by atoms with Crippen molar-refractivity contribution < 1.29 is 0 Å². The highest BCUT2D eigenvalue weighted by Gasteiger charge is 2.11. The van der Waals surface area contributed by atoms with Gasteiger partial charge in [-0.2, -0.15) is 0 Å². The van der Waals surface area contributed by atoms with Gasteiger partial charge in [-0.25, -0.2) is 0 Å². The number of benzene rings is 1. The van der Waals surface area contributed by atoms with E-state index in [2.05, 4.69) is 27.0 Å². The van der Waals surface area contributed by atoms with Crippen molar-refractivity contribution in [3.63, 3.8) is 0 Å². The van der Waals surface area contributed by atoms with Crippen LogP contribution in [0.1, 0.15) is 17.3 Å². The molecule has 2 nitrogen and oxygen atoms in total. The summed E-state index contributed by atoms with van der Waals surface area (Å²) in [6.07, 6.45) is 2.43. The number of hydrogen-bond donors (Lipinski definition) is 1. The number of hydrogen-bond acceptors (Lipinski definition) is 2. The SMILES string of the molecule is NC(Cc1cccc(Br)c1)c1ncccc1Cl. The summed E-state index contributed by atoms with van der Waals surface area (Å²) in [5, 5.41) is 0.620. The zero-order chi connectivity index (χ0) is 12.3. The second-order valence-electron chi connectivity index (χ2n) is 3.81. The van der Waals surface area contributed by atoms with Gasteiger partial charge in [0.25, 0.3) is 0 Å². The lowest BCUT2D eigenvalue weighted by Gasteiger charge is -2.12. The average molecular weight is 312 g/mol. The van der Waals surface area contributed by atoms with Crippen LogP contribution < -0.4 is 5.73 Å². The molecule has 0 saturated carbocycles. The number of nitrogens with two attached hydrogens (primary N) is 1. The van der Waals surface area contributed by atoms with Crippen molar-refractivity contribution in [2.45, 2.75) is 12.5 Å². The van der Waals surface area contributed by atoms with Crippen LogP contribution >= 0.6 is 27.5 Å². The van der Waals surface area contributed by atoms with E-state index in [4.69, 9.17) is 17.3 Å². The van der Waals surface area contributed by atoms with Crippen LogP contribution in [0, 0.1) is 0 Å². The van der Waals surface area contributed by atoms with Crippen molar-refractivity contribution >= 4 is 27.5 Å². The third-order valence-electron chi connectivity index (χ3n) is 2.48. The Morgan fingerprint density at radius 2 is 2.12 bits per heavy atom. The minimum Gasteiger partial charge on any atom is -0.322 e. The van der Waals surface area contributed by atoms with Crippen LogP contribution in [0.2, 0.25) is 5.02 Å². The van der Waals surface area contributed by atoms with Crippen LogP contribution in [0.4, 0.5) is 0 Å². The van der Waals surface area contributed by atoms with E-state index in [9.17, 15) is 0 Å². The molecule has 0 spiro atoms. The molecule has 2 aromatic rings. The lowest BCUT2D eigenvalue weighted by atomic mass is 10.0. The van der Waals surface area contributed by atoms with E-state index in [1.165, 1.54) is 0 Å². The monoisotopic (exact) mass is 310 g/mol. The molecule has 4 heteroatoms. The van der Waals surface area contributed by atoms with Crippen LogP contribution in [0.5, 0.6) is 0 Å². The number of pyridine rings is 1. The highest BCUT2D eigenvalue weighted by atomic mass is 79.9. The van der Waals surface area contributed by atoms with Gasteiger partial charge in [0.2, 0.25) is 0 Å². The van der Waals surface area contributed by atoms with Gasteiger partial charge < -0.3 is 5.73 Å². The molecule has 0 bridgehead atoms. The van der Waals surface area contributed by atoms with E-state index in [-0.39, 0.29) is 6.04 Å². The van der Waals surface area contributed by atoms with Gasteiger partial charge in [-0.1, -0.05) is 39.7 Å². The predicted octanol–water partition coefficient (Wildman–Crippen LogP) is 3.74. The third kappa shape index (κ3) is 3.28. The van der Waals surface area contributed by atoms with E-state index in [0.29, 0.717) is 5.02 Å². The molecule has 88 valence electrons. The summed E-state index contributed by atoms with van der Waals surface area (Å²) < 4.78 is 1.05. The number of rotatable bonds is 3. The maximum Gasteiger partial charge on any atom is 0.0760 e. The van der Waals surface area contributed by atoms with Gasteiger partial charge in [-0.3, -0.25) is 4.98 Å². The normalized spacial score (nSPS) is 12.4. The van der Waals surface area contributed by atoms with E-state index >= 15 is 0 Å². The Hall–Kier alpha value is -0.900. The molecule has 2 N–H and O–H groups in total. The van der Waals surface area contributed by atoms with E-state index in [0.717, 1.165) is 22.2 Å². The summed E-state index contributed by atoms with van der Waals surface area (Å²) >= 11 is 9.51. The Bertz CT molecular complexity index is 516. The molecule has 1 unspecified atom stereocenters. The predicted molar refractivity (Wildman–Crippen MR) is 74.0 cm³/mol. The Morgan fingerprint density at radius 3 is 2.82 bits per heavy atom. The van der Waals surface area contributed by atoms with Gasteiger partial charge >= 0.3 is 0 Å². The van der Waals surface area contributed by atoms with Crippen molar-refractivity contribution in [3.05, 3.63) is 63.3 Å². The lowest BCUT2D eigenvalue weighted by Crippen LogP contribution is -2.15. The number of nitrogens with zero attached hydrogens (tertiary/aromatic N) is 1. The van der Waals surface area contributed by atoms with Gasteiger partial charge in [-0.05, 0) is 36.2 Å². The molecule has 2 rings (SSSR count). The Morgan fingerprint density at radius 1 is 1.29 bits per heavy atom. The maximum atomic E-state index is 6.12. The maximum absolute atomic E-state index is 6.12. The standard InChI is InChI=1S/C13H12BrClN2/c14-10-4-1-3-9(7-10)8-12(16)13-11(15)5-2-6-17-13/h1-7,12H,8,16H2. The Balaban J connectivity index is 2.17. The summed E-state index contributed by atoms with van der Waals surface area (Å²) in [5.74, 6) is 0. The topological polar surface area (TPSA) is 38.9 Å². The van der Waals surface area contributed by atoms with Crippen LogP contribution in [0.15, 0.2) is 47.1 Å². The van der Waals surface area contributed by atoms with Crippen molar-refractivity contribution in [3.8, 4) is 0 Å². The zero-order valence-electron chi connectivity index (χ0n) is 9.11. The second-order valence-corrected chi connectivity index (χ2v) is 5.13. The molecule has 0 saturated heterocycles. The van der Waals surface area contributed by atoms with Crippen LogP contribution in [-0.2, 0) is 6.42 Å². The van der Waals surface area contributed by atoms with Crippen LogP contribution in [0.25, 0.3) is 0 Å². The fraction of sp³-hybridized carbons (Fsp3) is 0.154. The minimum atomic E-state index is -0.182. The van der Waals surface area contributed by atoms with Crippen LogP contribution in [-0.4, -0.2) is 4.98 Å². The molecule has 1 atom stereocenters. The molecule has 1 aromatic heterocycles. The highest BCUT2D eigenvalue weighted by Crippen LogP contribution is 2.22. The molecule has 17 heavy (non-hydrogen) atoms. The molecule has 0 aliphatic heterocycles. The first-order valence-electron chi connectivity index (χ1n) is 5.27. The second kappa shape index (κ2) is 5.63. The molecule has 1 aromatic carbocycles. The number of aromatic nitrogens is 1. The van der Waals surface area contributed by atoms with Crippen molar-refractivity contribution in [2.24, 2.45) is 5.73 Å². The van der Waals surface area contributed by atoms with Crippen molar-refractivity contribution in [2.75, 3.05) is 0 Å². The summed E-state index contributed by atoms with van der Waals surface area (Å²) in [6.45, 7) is 0. The molecule has 0 amide bonds. The molecule has 1 heterocycles. The minimum absolute atomic E-state index is 0.182. The molecule has 0 aliphatic rings. The first-order chi connectivity index (χ1) is 8.16.